The van der Waals surface area contributed by atoms with Gasteiger partial charge in [-0.3, -0.25) is 0 Å². The van der Waals surface area contributed by atoms with E-state index in [0.29, 0.717) is 0 Å². The smallest absolute Gasteiger partial charge is 0.171 e. The van der Waals surface area contributed by atoms with Crippen LogP contribution in [0.25, 0.3) is 0 Å². The Balaban J connectivity index is 1.86. The molecule has 1 heteroatoms. The topological polar surface area (TPSA) is 3.88 Å². The Morgan fingerprint density at radius 3 is 2.45 bits per heavy atom. The highest BCUT2D eigenvalue weighted by Gasteiger charge is 2.01. The van der Waals surface area contributed by atoms with E-state index >= 15 is 0 Å². The lowest BCUT2D eigenvalue weighted by Gasteiger charge is -1.99. The molecule has 0 amide bonds. The van der Waals surface area contributed by atoms with E-state index in [1.54, 1.807) is 0 Å². The molecule has 0 atom stereocenters. The maximum absolute atomic E-state index is 3.28. The standard InChI is InChI=1S/C21H26N/c1-4-5-8-20-10-12-21(13-11-20)9-6-7-15-22-16-14-18(2)19(3)17-22/h10-14,16-17H,4-5,7-8,15H2,1-3H3/q+1. The van der Waals surface area contributed by atoms with Crippen LogP contribution in [-0.4, -0.2) is 0 Å². The summed E-state index contributed by atoms with van der Waals surface area (Å²) in [5.74, 6) is 6.54. The van der Waals surface area contributed by atoms with Crippen molar-refractivity contribution in [2.45, 2.75) is 53.0 Å². The van der Waals surface area contributed by atoms with E-state index in [-0.39, 0.29) is 0 Å². The first-order chi connectivity index (χ1) is 10.7. The molecule has 0 bridgehead atoms. The normalized spacial score (nSPS) is 10.1. The highest BCUT2D eigenvalue weighted by Crippen LogP contribution is 2.07. The van der Waals surface area contributed by atoms with E-state index in [9.17, 15) is 0 Å². The van der Waals surface area contributed by atoms with Crippen molar-refractivity contribution in [3.8, 4) is 11.8 Å². The van der Waals surface area contributed by atoms with Crippen molar-refractivity contribution in [2.24, 2.45) is 0 Å². The van der Waals surface area contributed by atoms with Crippen LogP contribution in [-0.2, 0) is 13.0 Å². The van der Waals surface area contributed by atoms with Crippen molar-refractivity contribution >= 4 is 0 Å². The van der Waals surface area contributed by atoms with Crippen LogP contribution in [0.5, 0.6) is 0 Å². The first kappa shape index (κ1) is 16.3. The number of rotatable bonds is 5. The Labute approximate surface area is 135 Å². The summed E-state index contributed by atoms with van der Waals surface area (Å²) in [6.07, 6.45) is 8.89. The van der Waals surface area contributed by atoms with E-state index in [2.05, 4.69) is 79.9 Å². The maximum Gasteiger partial charge on any atom is 0.171 e. The van der Waals surface area contributed by atoms with Crippen molar-refractivity contribution in [1.82, 2.24) is 0 Å². The number of aryl methyl sites for hydroxylation is 4. The fraction of sp³-hybridized carbons (Fsp3) is 0.381. The van der Waals surface area contributed by atoms with Gasteiger partial charge >= 0.3 is 0 Å². The fourth-order valence-electron chi connectivity index (χ4n) is 2.36. The second-order valence-electron chi connectivity index (χ2n) is 5.90. The van der Waals surface area contributed by atoms with Gasteiger partial charge < -0.3 is 0 Å². The van der Waals surface area contributed by atoms with Crippen LogP contribution in [0.1, 0.15) is 48.4 Å². The Bertz CT molecular complexity index is 657. The molecule has 0 N–H and O–H groups in total. The summed E-state index contributed by atoms with van der Waals surface area (Å²) in [7, 11) is 0. The molecule has 0 fully saturated rings. The molecule has 1 heterocycles. The highest BCUT2D eigenvalue weighted by atomic mass is 14.9. The minimum Gasteiger partial charge on any atom is -0.204 e. The number of pyridine rings is 1. The van der Waals surface area contributed by atoms with Gasteiger partial charge in [0.2, 0.25) is 0 Å². The number of nitrogens with zero attached hydrogens (tertiary/aromatic N) is 1. The zero-order valence-electron chi connectivity index (χ0n) is 14.0. The molecular weight excluding hydrogens is 266 g/mol. The van der Waals surface area contributed by atoms with Crippen molar-refractivity contribution in [3.63, 3.8) is 0 Å². The van der Waals surface area contributed by atoms with Crippen LogP contribution < -0.4 is 4.57 Å². The van der Waals surface area contributed by atoms with Gasteiger partial charge in [-0.1, -0.05) is 37.3 Å². The van der Waals surface area contributed by atoms with E-state index in [1.807, 2.05) is 0 Å². The first-order valence-electron chi connectivity index (χ1n) is 8.23. The molecule has 1 aromatic heterocycles. The summed E-state index contributed by atoms with van der Waals surface area (Å²) in [6, 6.07) is 10.9. The van der Waals surface area contributed by atoms with E-state index in [1.165, 1.54) is 36.0 Å². The van der Waals surface area contributed by atoms with E-state index in [4.69, 9.17) is 0 Å². The number of unbranched alkanes of at least 4 members (excludes halogenated alkanes) is 1. The van der Waals surface area contributed by atoms with Crippen LogP contribution >= 0.6 is 0 Å². The monoisotopic (exact) mass is 292 g/mol. The molecule has 0 aliphatic carbocycles. The van der Waals surface area contributed by atoms with Gasteiger partial charge in [0.1, 0.15) is 0 Å². The average Bonchev–Trinajstić information content (AvgIpc) is 2.54. The molecule has 0 saturated carbocycles. The van der Waals surface area contributed by atoms with E-state index in [0.717, 1.165) is 18.5 Å². The molecule has 22 heavy (non-hydrogen) atoms. The van der Waals surface area contributed by atoms with Gasteiger partial charge in [-0.05, 0) is 49.9 Å². The lowest BCUT2D eigenvalue weighted by Crippen LogP contribution is -2.33. The Morgan fingerprint density at radius 2 is 1.77 bits per heavy atom. The van der Waals surface area contributed by atoms with Crippen LogP contribution in [0.2, 0.25) is 0 Å². The van der Waals surface area contributed by atoms with Gasteiger partial charge in [-0.25, -0.2) is 4.57 Å². The van der Waals surface area contributed by atoms with Gasteiger partial charge in [-0.15, -0.1) is 0 Å². The van der Waals surface area contributed by atoms with Gasteiger partial charge in [0.15, 0.2) is 18.9 Å². The molecule has 2 rings (SSSR count). The molecule has 2 aromatic rings. The largest absolute Gasteiger partial charge is 0.204 e. The predicted molar refractivity (Wildman–Crippen MR) is 92.7 cm³/mol. The van der Waals surface area contributed by atoms with Gasteiger partial charge in [-0.2, -0.15) is 0 Å². The zero-order valence-corrected chi connectivity index (χ0v) is 14.0. The highest BCUT2D eigenvalue weighted by molar-refractivity contribution is 5.36. The minimum absolute atomic E-state index is 0.880. The number of hydrogen-bond acceptors (Lipinski definition) is 0. The zero-order chi connectivity index (χ0) is 15.8. The van der Waals surface area contributed by atoms with Gasteiger partial charge in [0.25, 0.3) is 0 Å². The number of hydrogen-bond donors (Lipinski definition) is 0. The molecule has 114 valence electrons. The summed E-state index contributed by atoms with van der Waals surface area (Å²) in [5, 5.41) is 0. The first-order valence-corrected chi connectivity index (χ1v) is 8.23. The second kappa shape index (κ2) is 8.39. The van der Waals surface area contributed by atoms with Crippen molar-refractivity contribution in [2.75, 3.05) is 0 Å². The third kappa shape index (κ3) is 5.04. The SMILES string of the molecule is CCCCc1ccc(C#CCC[n+]2ccc(C)c(C)c2)cc1. The second-order valence-corrected chi connectivity index (χ2v) is 5.90. The molecule has 0 aliphatic heterocycles. The van der Waals surface area contributed by atoms with Crippen molar-refractivity contribution < 1.29 is 4.57 Å². The number of aromatic nitrogens is 1. The van der Waals surface area contributed by atoms with Crippen molar-refractivity contribution in [1.29, 1.82) is 0 Å². The van der Waals surface area contributed by atoms with Crippen LogP contribution in [0.4, 0.5) is 0 Å². The predicted octanol–water partition coefficient (Wildman–Crippen LogP) is 4.38. The molecule has 0 spiro atoms. The lowest BCUT2D eigenvalue weighted by molar-refractivity contribution is -0.696. The third-order valence-corrected chi connectivity index (χ3v) is 4.00. The van der Waals surface area contributed by atoms with Crippen molar-refractivity contribution in [3.05, 3.63) is 65.0 Å². The third-order valence-electron chi connectivity index (χ3n) is 4.00. The Kier molecular flexibility index (Phi) is 6.22. The molecule has 1 aromatic carbocycles. The molecule has 0 radical (unpaired) electrons. The Hall–Kier alpha value is -2.07. The summed E-state index contributed by atoms with van der Waals surface area (Å²) >= 11 is 0. The summed E-state index contributed by atoms with van der Waals surface area (Å²) < 4.78 is 2.21. The fourth-order valence-corrected chi connectivity index (χ4v) is 2.36. The van der Waals surface area contributed by atoms with Crippen LogP contribution in [0, 0.1) is 25.7 Å². The molecule has 1 nitrogen and oxygen atoms in total. The summed E-state index contributed by atoms with van der Waals surface area (Å²) in [4.78, 5) is 0. The Morgan fingerprint density at radius 1 is 1.00 bits per heavy atom. The quantitative estimate of drug-likeness (QED) is 0.569. The average molecular weight is 292 g/mol. The molecular formula is C21H26N+. The van der Waals surface area contributed by atoms with Gasteiger partial charge in [0, 0.05) is 17.2 Å². The summed E-state index contributed by atoms with van der Waals surface area (Å²) in [6.45, 7) is 7.47. The molecule has 0 aliphatic rings. The minimum atomic E-state index is 0.880. The summed E-state index contributed by atoms with van der Waals surface area (Å²) in [5.41, 5.74) is 5.20. The number of benzene rings is 1. The maximum atomic E-state index is 3.28. The van der Waals surface area contributed by atoms with Gasteiger partial charge in [0.05, 0.1) is 6.42 Å². The lowest BCUT2D eigenvalue weighted by atomic mass is 10.1. The van der Waals surface area contributed by atoms with Crippen LogP contribution in [0.15, 0.2) is 42.7 Å². The van der Waals surface area contributed by atoms with E-state index < -0.39 is 0 Å². The molecule has 0 saturated heterocycles. The molecule has 0 unspecified atom stereocenters. The van der Waals surface area contributed by atoms with Crippen LogP contribution in [0.3, 0.4) is 0 Å².